The second-order valence-corrected chi connectivity index (χ2v) is 6.41. The number of nitro benzene ring substituents is 1. The Kier molecular flexibility index (Phi) is 6.16. The molecule has 0 aliphatic carbocycles. The van der Waals surface area contributed by atoms with E-state index in [-0.39, 0.29) is 17.3 Å². The SMILES string of the molecule is Cc1c(NC(=O)CSCc2ccc(Cl)cc2F)cccc1[N+](=O)[O-]. The van der Waals surface area contributed by atoms with Crippen molar-refractivity contribution in [3.05, 3.63) is 68.5 Å². The van der Waals surface area contributed by atoms with Crippen LogP contribution in [0, 0.1) is 22.9 Å². The Morgan fingerprint density at radius 3 is 2.79 bits per heavy atom. The minimum Gasteiger partial charge on any atom is -0.325 e. The maximum Gasteiger partial charge on any atom is 0.274 e. The predicted octanol–water partition coefficient (Wildman–Crippen LogP) is 4.57. The molecule has 0 bridgehead atoms. The van der Waals surface area contributed by atoms with Crippen LogP contribution >= 0.6 is 23.4 Å². The summed E-state index contributed by atoms with van der Waals surface area (Å²) < 4.78 is 13.6. The summed E-state index contributed by atoms with van der Waals surface area (Å²) in [5.41, 5.74) is 1.20. The molecule has 2 rings (SSSR count). The van der Waals surface area contributed by atoms with Gasteiger partial charge in [-0.25, -0.2) is 4.39 Å². The molecule has 0 aliphatic heterocycles. The lowest BCUT2D eigenvalue weighted by Gasteiger charge is -2.09. The average molecular weight is 369 g/mol. The molecule has 126 valence electrons. The number of nitrogens with one attached hydrogen (secondary N) is 1. The summed E-state index contributed by atoms with van der Waals surface area (Å²) in [6.07, 6.45) is 0. The van der Waals surface area contributed by atoms with Crippen LogP contribution in [0.25, 0.3) is 0 Å². The lowest BCUT2D eigenvalue weighted by Crippen LogP contribution is -2.15. The van der Waals surface area contributed by atoms with Crippen molar-refractivity contribution >= 4 is 40.6 Å². The van der Waals surface area contributed by atoms with E-state index in [0.717, 1.165) is 0 Å². The Labute approximate surface area is 147 Å². The monoisotopic (exact) mass is 368 g/mol. The Balaban J connectivity index is 1.92. The number of rotatable bonds is 6. The van der Waals surface area contributed by atoms with Gasteiger partial charge in [0.2, 0.25) is 5.91 Å². The highest BCUT2D eigenvalue weighted by atomic mass is 35.5. The lowest BCUT2D eigenvalue weighted by molar-refractivity contribution is -0.385. The molecule has 8 heteroatoms. The van der Waals surface area contributed by atoms with Crippen molar-refractivity contribution in [2.45, 2.75) is 12.7 Å². The molecule has 0 unspecified atom stereocenters. The molecule has 0 atom stereocenters. The van der Waals surface area contributed by atoms with E-state index in [0.29, 0.717) is 27.6 Å². The Morgan fingerprint density at radius 1 is 1.38 bits per heavy atom. The second-order valence-electron chi connectivity index (χ2n) is 4.98. The van der Waals surface area contributed by atoms with E-state index in [1.165, 1.54) is 30.0 Å². The van der Waals surface area contributed by atoms with Crippen molar-refractivity contribution in [3.63, 3.8) is 0 Å². The molecular formula is C16H14ClFN2O3S. The molecule has 2 aromatic rings. The van der Waals surface area contributed by atoms with Gasteiger partial charge in [-0.3, -0.25) is 14.9 Å². The van der Waals surface area contributed by atoms with Gasteiger partial charge in [-0.15, -0.1) is 11.8 Å². The minimum absolute atomic E-state index is 0.0521. The number of halogens is 2. The van der Waals surface area contributed by atoms with Crippen molar-refractivity contribution in [2.75, 3.05) is 11.1 Å². The lowest BCUT2D eigenvalue weighted by atomic mass is 10.1. The third kappa shape index (κ3) is 4.69. The van der Waals surface area contributed by atoms with Crippen molar-refractivity contribution in [1.82, 2.24) is 0 Å². The smallest absolute Gasteiger partial charge is 0.274 e. The van der Waals surface area contributed by atoms with Gasteiger partial charge in [0.05, 0.1) is 21.9 Å². The molecule has 0 aromatic heterocycles. The summed E-state index contributed by atoms with van der Waals surface area (Å²) >= 11 is 6.92. The van der Waals surface area contributed by atoms with Crippen LogP contribution in [0.3, 0.4) is 0 Å². The van der Waals surface area contributed by atoms with E-state index in [4.69, 9.17) is 11.6 Å². The van der Waals surface area contributed by atoms with Crippen LogP contribution in [0.2, 0.25) is 5.02 Å². The number of nitro groups is 1. The average Bonchev–Trinajstić information content (AvgIpc) is 2.51. The van der Waals surface area contributed by atoms with E-state index in [1.54, 1.807) is 25.1 Å². The first-order chi connectivity index (χ1) is 11.4. The molecule has 5 nitrogen and oxygen atoms in total. The van der Waals surface area contributed by atoms with Gasteiger partial charge in [0.1, 0.15) is 5.82 Å². The molecule has 0 spiro atoms. The molecule has 0 aliphatic rings. The molecule has 2 aromatic carbocycles. The van der Waals surface area contributed by atoms with Gasteiger partial charge in [-0.2, -0.15) is 0 Å². The van der Waals surface area contributed by atoms with Crippen LogP contribution in [-0.2, 0) is 10.5 Å². The number of hydrogen-bond donors (Lipinski definition) is 1. The molecule has 0 fully saturated rings. The van der Waals surface area contributed by atoms with E-state index in [2.05, 4.69) is 5.32 Å². The van der Waals surface area contributed by atoms with E-state index < -0.39 is 10.7 Å². The van der Waals surface area contributed by atoms with Gasteiger partial charge in [0.15, 0.2) is 0 Å². The number of benzene rings is 2. The van der Waals surface area contributed by atoms with Gasteiger partial charge in [-0.1, -0.05) is 23.7 Å². The quantitative estimate of drug-likeness (QED) is 0.599. The zero-order chi connectivity index (χ0) is 17.7. The van der Waals surface area contributed by atoms with Crippen LogP contribution in [0.1, 0.15) is 11.1 Å². The number of hydrogen-bond acceptors (Lipinski definition) is 4. The van der Waals surface area contributed by atoms with Crippen molar-refractivity contribution in [1.29, 1.82) is 0 Å². The molecular weight excluding hydrogens is 355 g/mol. The zero-order valence-electron chi connectivity index (χ0n) is 12.7. The van der Waals surface area contributed by atoms with Gasteiger partial charge < -0.3 is 5.32 Å². The maximum absolute atomic E-state index is 13.6. The van der Waals surface area contributed by atoms with Crippen LogP contribution in [0.4, 0.5) is 15.8 Å². The van der Waals surface area contributed by atoms with Crippen molar-refractivity contribution in [3.8, 4) is 0 Å². The normalized spacial score (nSPS) is 10.5. The highest BCUT2D eigenvalue weighted by Crippen LogP contribution is 2.25. The molecule has 0 heterocycles. The number of nitrogens with zero attached hydrogens (tertiary/aromatic N) is 1. The third-order valence-electron chi connectivity index (χ3n) is 3.28. The van der Waals surface area contributed by atoms with E-state index in [9.17, 15) is 19.3 Å². The fourth-order valence-electron chi connectivity index (χ4n) is 2.04. The zero-order valence-corrected chi connectivity index (χ0v) is 14.3. The fraction of sp³-hybridized carbons (Fsp3) is 0.188. The number of thioether (sulfide) groups is 1. The third-order valence-corrected chi connectivity index (χ3v) is 4.50. The number of amides is 1. The standard InChI is InChI=1S/C16H14ClFN2O3S/c1-10-14(3-2-4-15(10)20(22)23)19-16(21)9-24-8-11-5-6-12(17)7-13(11)18/h2-7H,8-9H2,1H3,(H,19,21). The molecule has 0 saturated heterocycles. The predicted molar refractivity (Wildman–Crippen MR) is 94.0 cm³/mol. The highest BCUT2D eigenvalue weighted by molar-refractivity contribution is 7.99. The molecule has 24 heavy (non-hydrogen) atoms. The summed E-state index contributed by atoms with van der Waals surface area (Å²) in [7, 11) is 0. The van der Waals surface area contributed by atoms with Gasteiger partial charge in [0.25, 0.3) is 5.69 Å². The first-order valence-electron chi connectivity index (χ1n) is 6.94. The van der Waals surface area contributed by atoms with Crippen molar-refractivity contribution < 1.29 is 14.1 Å². The highest BCUT2D eigenvalue weighted by Gasteiger charge is 2.14. The second kappa shape index (κ2) is 8.12. The topological polar surface area (TPSA) is 72.2 Å². The number of carbonyl (C=O) groups is 1. The van der Waals surface area contributed by atoms with E-state index >= 15 is 0 Å². The molecule has 1 N–H and O–H groups in total. The van der Waals surface area contributed by atoms with Crippen LogP contribution < -0.4 is 5.32 Å². The van der Waals surface area contributed by atoms with Gasteiger partial charge in [0, 0.05) is 16.8 Å². The fourth-order valence-corrected chi connectivity index (χ4v) is 3.01. The molecule has 0 radical (unpaired) electrons. The Morgan fingerprint density at radius 2 is 2.12 bits per heavy atom. The summed E-state index contributed by atoms with van der Waals surface area (Å²) in [6, 6.07) is 8.88. The van der Waals surface area contributed by atoms with E-state index in [1.807, 2.05) is 0 Å². The van der Waals surface area contributed by atoms with Crippen LogP contribution in [0.15, 0.2) is 36.4 Å². The Bertz CT molecular complexity index is 786. The summed E-state index contributed by atoms with van der Waals surface area (Å²) in [6.45, 7) is 1.57. The number of carbonyl (C=O) groups excluding carboxylic acids is 1. The Hall–Kier alpha value is -2.12. The first-order valence-corrected chi connectivity index (χ1v) is 8.47. The minimum atomic E-state index is -0.497. The maximum atomic E-state index is 13.6. The van der Waals surface area contributed by atoms with Crippen LogP contribution in [0.5, 0.6) is 0 Å². The summed E-state index contributed by atoms with van der Waals surface area (Å²) in [5, 5.41) is 13.8. The van der Waals surface area contributed by atoms with Gasteiger partial charge >= 0.3 is 0 Å². The first kappa shape index (κ1) is 18.2. The molecule has 0 saturated carbocycles. The van der Waals surface area contributed by atoms with Crippen LogP contribution in [-0.4, -0.2) is 16.6 Å². The van der Waals surface area contributed by atoms with Crippen molar-refractivity contribution in [2.24, 2.45) is 0 Å². The summed E-state index contributed by atoms with van der Waals surface area (Å²) in [4.78, 5) is 22.3. The molecule has 1 amide bonds. The number of anilines is 1. The van der Waals surface area contributed by atoms with Gasteiger partial charge in [-0.05, 0) is 30.7 Å². The largest absolute Gasteiger partial charge is 0.325 e. The summed E-state index contributed by atoms with van der Waals surface area (Å²) in [5.74, 6) is -0.294.